The molecule has 0 radical (unpaired) electrons. The Balaban J connectivity index is 2.56. The molecule has 1 aliphatic heterocycles. The maximum absolute atomic E-state index is 11.0. The van der Waals surface area contributed by atoms with E-state index in [0.717, 1.165) is 0 Å². The van der Waals surface area contributed by atoms with Gasteiger partial charge in [-0.2, -0.15) is 0 Å². The van der Waals surface area contributed by atoms with Crippen LogP contribution >= 0.6 is 0 Å². The van der Waals surface area contributed by atoms with E-state index in [4.69, 9.17) is 14.6 Å². The summed E-state index contributed by atoms with van der Waals surface area (Å²) in [6.45, 7) is 9.06. The van der Waals surface area contributed by atoms with Crippen LogP contribution in [0.25, 0.3) is 0 Å². The zero-order valence-electron chi connectivity index (χ0n) is 10.6. The predicted molar refractivity (Wildman–Crippen MR) is 60.1 cm³/mol. The molecule has 0 aromatic rings. The minimum atomic E-state index is -0.777. The third-order valence-electron chi connectivity index (χ3n) is 3.00. The van der Waals surface area contributed by atoms with Crippen LogP contribution in [0.5, 0.6) is 0 Å². The molecule has 4 heteroatoms. The second-order valence-corrected chi connectivity index (χ2v) is 5.52. The number of rotatable bonds is 4. The zero-order valence-corrected chi connectivity index (χ0v) is 10.6. The van der Waals surface area contributed by atoms with Crippen molar-refractivity contribution in [3.8, 4) is 0 Å². The number of hydrogen-bond donors (Lipinski definition) is 1. The molecule has 0 aromatic carbocycles. The Labute approximate surface area is 96.9 Å². The maximum atomic E-state index is 11.0. The Morgan fingerprint density at radius 3 is 2.19 bits per heavy atom. The van der Waals surface area contributed by atoms with Crippen LogP contribution in [0, 0.1) is 11.3 Å². The van der Waals surface area contributed by atoms with Gasteiger partial charge in [-0.25, -0.2) is 0 Å². The van der Waals surface area contributed by atoms with Crippen molar-refractivity contribution in [2.75, 3.05) is 13.2 Å². The Hall–Kier alpha value is -0.610. The van der Waals surface area contributed by atoms with Gasteiger partial charge in [0.25, 0.3) is 0 Å². The monoisotopic (exact) mass is 230 g/mol. The number of ether oxygens (including phenoxy) is 2. The SMILES string of the molecule is CC[C@@H](CC1(C)OCC(C)(C)CO1)C(=O)O. The van der Waals surface area contributed by atoms with Crippen LogP contribution < -0.4 is 0 Å². The molecule has 0 spiro atoms. The van der Waals surface area contributed by atoms with Gasteiger partial charge in [0.15, 0.2) is 5.79 Å². The van der Waals surface area contributed by atoms with Crippen molar-refractivity contribution in [1.29, 1.82) is 0 Å². The summed E-state index contributed by atoms with van der Waals surface area (Å²) in [4.78, 5) is 11.0. The largest absolute Gasteiger partial charge is 0.481 e. The maximum Gasteiger partial charge on any atom is 0.306 e. The molecule has 1 heterocycles. The van der Waals surface area contributed by atoms with Crippen molar-refractivity contribution >= 4 is 5.97 Å². The highest BCUT2D eigenvalue weighted by Crippen LogP contribution is 2.33. The average molecular weight is 230 g/mol. The molecule has 0 unspecified atom stereocenters. The molecule has 1 fully saturated rings. The first-order valence-corrected chi connectivity index (χ1v) is 5.79. The summed E-state index contributed by atoms with van der Waals surface area (Å²) in [6, 6.07) is 0. The van der Waals surface area contributed by atoms with Gasteiger partial charge >= 0.3 is 5.97 Å². The molecular formula is C12H22O4. The average Bonchev–Trinajstić information content (AvgIpc) is 2.20. The second-order valence-electron chi connectivity index (χ2n) is 5.52. The smallest absolute Gasteiger partial charge is 0.306 e. The van der Waals surface area contributed by atoms with E-state index < -0.39 is 17.7 Å². The first-order valence-electron chi connectivity index (χ1n) is 5.79. The fraction of sp³-hybridized carbons (Fsp3) is 0.917. The van der Waals surface area contributed by atoms with E-state index in [1.165, 1.54) is 0 Å². The van der Waals surface area contributed by atoms with E-state index in [-0.39, 0.29) is 5.41 Å². The molecule has 94 valence electrons. The van der Waals surface area contributed by atoms with Crippen molar-refractivity contribution in [3.63, 3.8) is 0 Å². The van der Waals surface area contributed by atoms with Gasteiger partial charge in [-0.05, 0) is 13.3 Å². The van der Waals surface area contributed by atoms with Crippen LogP contribution in [-0.4, -0.2) is 30.1 Å². The Kier molecular flexibility index (Phi) is 3.97. The van der Waals surface area contributed by atoms with Crippen LogP contribution in [0.1, 0.15) is 40.5 Å². The number of carboxylic acids is 1. The number of hydrogen-bond acceptors (Lipinski definition) is 3. The molecule has 4 nitrogen and oxygen atoms in total. The van der Waals surface area contributed by atoms with Crippen molar-refractivity contribution in [2.24, 2.45) is 11.3 Å². The summed E-state index contributed by atoms with van der Waals surface area (Å²) in [7, 11) is 0. The van der Waals surface area contributed by atoms with E-state index in [1.54, 1.807) is 0 Å². The van der Waals surface area contributed by atoms with Crippen LogP contribution in [0.3, 0.4) is 0 Å². The molecular weight excluding hydrogens is 208 g/mol. The molecule has 0 aliphatic carbocycles. The lowest BCUT2D eigenvalue weighted by Crippen LogP contribution is -2.47. The van der Waals surface area contributed by atoms with Crippen molar-refractivity contribution in [3.05, 3.63) is 0 Å². The standard InChI is InChI=1S/C12H22O4/c1-5-9(10(13)14)6-12(4)15-7-11(2,3)8-16-12/h9H,5-8H2,1-4H3,(H,13,14)/t9-/m0/s1. The molecule has 0 amide bonds. The fourth-order valence-electron chi connectivity index (χ4n) is 1.75. The van der Waals surface area contributed by atoms with Crippen LogP contribution in [0.2, 0.25) is 0 Å². The first kappa shape index (κ1) is 13.5. The summed E-state index contributed by atoms with van der Waals surface area (Å²) >= 11 is 0. The van der Waals surface area contributed by atoms with Gasteiger partial charge in [-0.15, -0.1) is 0 Å². The minimum Gasteiger partial charge on any atom is -0.481 e. The Morgan fingerprint density at radius 1 is 1.31 bits per heavy atom. The van der Waals surface area contributed by atoms with Gasteiger partial charge in [0.1, 0.15) is 0 Å². The van der Waals surface area contributed by atoms with E-state index in [1.807, 2.05) is 13.8 Å². The topological polar surface area (TPSA) is 55.8 Å². The molecule has 0 aromatic heterocycles. The fourth-order valence-corrected chi connectivity index (χ4v) is 1.75. The predicted octanol–water partition coefficient (Wildman–Crippen LogP) is 2.28. The van der Waals surface area contributed by atoms with Gasteiger partial charge in [0.2, 0.25) is 0 Å². The number of carbonyl (C=O) groups is 1. The quantitative estimate of drug-likeness (QED) is 0.805. The molecule has 1 saturated heterocycles. The molecule has 1 rings (SSSR count). The first-order chi connectivity index (χ1) is 7.28. The van der Waals surface area contributed by atoms with E-state index in [0.29, 0.717) is 26.1 Å². The summed E-state index contributed by atoms with van der Waals surface area (Å²) in [5.41, 5.74) is 0.0183. The third-order valence-corrected chi connectivity index (χ3v) is 3.00. The molecule has 0 saturated carbocycles. The highest BCUT2D eigenvalue weighted by Gasteiger charge is 2.39. The lowest BCUT2D eigenvalue weighted by molar-refractivity contribution is -0.295. The van der Waals surface area contributed by atoms with Gasteiger partial charge in [-0.3, -0.25) is 4.79 Å². The number of aliphatic carboxylic acids is 1. The lowest BCUT2D eigenvalue weighted by Gasteiger charge is -2.42. The highest BCUT2D eigenvalue weighted by atomic mass is 16.7. The van der Waals surface area contributed by atoms with Crippen LogP contribution in [0.15, 0.2) is 0 Å². The Morgan fingerprint density at radius 2 is 1.81 bits per heavy atom. The lowest BCUT2D eigenvalue weighted by atomic mass is 9.92. The second kappa shape index (κ2) is 4.72. The van der Waals surface area contributed by atoms with E-state index in [9.17, 15) is 4.79 Å². The van der Waals surface area contributed by atoms with Gasteiger partial charge in [0.05, 0.1) is 19.1 Å². The van der Waals surface area contributed by atoms with Crippen molar-refractivity contribution in [1.82, 2.24) is 0 Å². The summed E-state index contributed by atoms with van der Waals surface area (Å²) in [6.07, 6.45) is 1.01. The zero-order chi connectivity index (χ0) is 12.4. The number of carboxylic acid groups (broad SMARTS) is 1. The van der Waals surface area contributed by atoms with E-state index >= 15 is 0 Å². The summed E-state index contributed by atoms with van der Waals surface area (Å²) < 4.78 is 11.4. The molecule has 1 aliphatic rings. The van der Waals surface area contributed by atoms with Gasteiger partial charge in [-0.1, -0.05) is 20.8 Å². The molecule has 1 N–H and O–H groups in total. The summed E-state index contributed by atoms with van der Waals surface area (Å²) in [5, 5.41) is 9.01. The minimum absolute atomic E-state index is 0.0183. The highest BCUT2D eigenvalue weighted by molar-refractivity contribution is 5.69. The van der Waals surface area contributed by atoms with Crippen molar-refractivity contribution in [2.45, 2.75) is 46.3 Å². The summed E-state index contributed by atoms with van der Waals surface area (Å²) in [5.74, 6) is -1.92. The van der Waals surface area contributed by atoms with Crippen LogP contribution in [0.4, 0.5) is 0 Å². The van der Waals surface area contributed by atoms with Crippen molar-refractivity contribution < 1.29 is 19.4 Å². The van der Waals surface area contributed by atoms with Crippen LogP contribution in [-0.2, 0) is 14.3 Å². The van der Waals surface area contributed by atoms with E-state index in [2.05, 4.69) is 13.8 Å². The molecule has 1 atom stereocenters. The molecule has 16 heavy (non-hydrogen) atoms. The van der Waals surface area contributed by atoms with Gasteiger partial charge < -0.3 is 14.6 Å². The third kappa shape index (κ3) is 3.46. The normalized spacial score (nSPS) is 25.0. The molecule has 0 bridgehead atoms. The van der Waals surface area contributed by atoms with Gasteiger partial charge in [0, 0.05) is 11.8 Å². The Bertz CT molecular complexity index is 250.